The van der Waals surface area contributed by atoms with E-state index in [0.717, 1.165) is 0 Å². The summed E-state index contributed by atoms with van der Waals surface area (Å²) in [6.07, 6.45) is -0.130. The summed E-state index contributed by atoms with van der Waals surface area (Å²) in [6, 6.07) is 5.65. The topological polar surface area (TPSA) is 93.4 Å². The van der Waals surface area contributed by atoms with Crippen LogP contribution in [0.3, 0.4) is 0 Å². The zero-order valence-corrected chi connectivity index (χ0v) is 12.5. The number of hydrogen-bond donors (Lipinski definition) is 2. The van der Waals surface area contributed by atoms with Crippen molar-refractivity contribution < 1.29 is 14.7 Å². The molecule has 1 aromatic carbocycles. The third-order valence-electron chi connectivity index (χ3n) is 2.94. The highest BCUT2D eigenvalue weighted by Gasteiger charge is 2.20. The lowest BCUT2D eigenvalue weighted by atomic mass is 10.2. The third kappa shape index (κ3) is 4.65. The first-order valence-electron chi connectivity index (χ1n) is 6.38. The Hall–Kier alpha value is -2.26. The summed E-state index contributed by atoms with van der Waals surface area (Å²) in [4.78, 5) is 24.3. The lowest BCUT2D eigenvalue weighted by molar-refractivity contribution is -0.137. The molecule has 0 radical (unpaired) electrons. The zero-order valence-electron chi connectivity index (χ0n) is 11.8. The fourth-order valence-corrected chi connectivity index (χ4v) is 2.12. The number of rotatable bonds is 5. The van der Waals surface area contributed by atoms with Gasteiger partial charge in [0.1, 0.15) is 6.07 Å². The van der Waals surface area contributed by atoms with Crippen molar-refractivity contribution in [2.75, 3.05) is 11.9 Å². The first-order chi connectivity index (χ1) is 9.88. The van der Waals surface area contributed by atoms with Crippen LogP contribution in [0.1, 0.15) is 25.8 Å². The highest BCUT2D eigenvalue weighted by atomic mass is 35.5. The number of carboxylic acid groups (broad SMARTS) is 1. The molecule has 0 aliphatic carbocycles. The molecule has 2 amide bonds. The highest BCUT2D eigenvalue weighted by Crippen LogP contribution is 2.20. The van der Waals surface area contributed by atoms with Gasteiger partial charge in [-0.25, -0.2) is 4.79 Å². The molecule has 0 aliphatic rings. The minimum Gasteiger partial charge on any atom is -0.481 e. The molecule has 0 bridgehead atoms. The van der Waals surface area contributed by atoms with Gasteiger partial charge in [-0.05, 0) is 32.0 Å². The van der Waals surface area contributed by atoms with Gasteiger partial charge in [0.15, 0.2) is 0 Å². The molecule has 0 aliphatic heterocycles. The molecule has 1 rings (SSSR count). The molecule has 0 fully saturated rings. The van der Waals surface area contributed by atoms with Gasteiger partial charge >= 0.3 is 12.0 Å². The van der Waals surface area contributed by atoms with Gasteiger partial charge in [0.2, 0.25) is 0 Å². The molecule has 1 aromatic rings. The van der Waals surface area contributed by atoms with Gasteiger partial charge in [-0.1, -0.05) is 11.6 Å². The van der Waals surface area contributed by atoms with E-state index in [4.69, 9.17) is 22.0 Å². The number of amides is 2. The van der Waals surface area contributed by atoms with E-state index >= 15 is 0 Å². The number of nitrogens with zero attached hydrogens (tertiary/aromatic N) is 2. The molecule has 0 heterocycles. The quantitative estimate of drug-likeness (QED) is 0.874. The minimum absolute atomic E-state index is 0.130. The first-order valence-corrected chi connectivity index (χ1v) is 6.75. The van der Waals surface area contributed by atoms with Crippen LogP contribution < -0.4 is 5.32 Å². The molecule has 7 heteroatoms. The summed E-state index contributed by atoms with van der Waals surface area (Å²) in [7, 11) is 0. The first kappa shape index (κ1) is 16.8. The zero-order chi connectivity index (χ0) is 16.0. The second kappa shape index (κ2) is 7.50. The SMILES string of the molecule is CCN(C(=O)Nc1ccc(C#N)c(Cl)c1)C(C)CC(=O)O. The number of benzene rings is 1. The Morgan fingerprint density at radius 2 is 2.19 bits per heavy atom. The van der Waals surface area contributed by atoms with Crippen molar-refractivity contribution in [3.63, 3.8) is 0 Å². The van der Waals surface area contributed by atoms with Gasteiger partial charge in [0.05, 0.1) is 17.0 Å². The van der Waals surface area contributed by atoms with E-state index in [1.807, 2.05) is 6.07 Å². The van der Waals surface area contributed by atoms with E-state index in [9.17, 15) is 9.59 Å². The largest absolute Gasteiger partial charge is 0.481 e. The Balaban J connectivity index is 2.81. The molecule has 1 unspecified atom stereocenters. The number of hydrogen-bond acceptors (Lipinski definition) is 3. The Morgan fingerprint density at radius 1 is 1.52 bits per heavy atom. The summed E-state index contributed by atoms with van der Waals surface area (Å²) in [5.74, 6) is -0.963. The number of urea groups is 1. The number of carbonyl (C=O) groups is 2. The van der Waals surface area contributed by atoms with E-state index in [-0.39, 0.29) is 11.4 Å². The fourth-order valence-electron chi connectivity index (χ4n) is 1.90. The van der Waals surface area contributed by atoms with E-state index in [1.165, 1.54) is 17.0 Å². The number of nitriles is 1. The summed E-state index contributed by atoms with van der Waals surface area (Å²) >= 11 is 5.89. The fraction of sp³-hybridized carbons (Fsp3) is 0.357. The molecular formula is C14H16ClN3O3. The smallest absolute Gasteiger partial charge is 0.322 e. The normalized spacial score (nSPS) is 11.3. The maximum absolute atomic E-state index is 12.1. The number of aliphatic carboxylic acids is 1. The molecular weight excluding hydrogens is 294 g/mol. The predicted molar refractivity (Wildman–Crippen MR) is 79.3 cm³/mol. The van der Waals surface area contributed by atoms with Crippen LogP contribution >= 0.6 is 11.6 Å². The molecule has 1 atom stereocenters. The average molecular weight is 310 g/mol. The summed E-state index contributed by atoms with van der Waals surface area (Å²) < 4.78 is 0. The van der Waals surface area contributed by atoms with Gasteiger partial charge in [0, 0.05) is 18.3 Å². The van der Waals surface area contributed by atoms with Crippen molar-refractivity contribution in [1.82, 2.24) is 4.90 Å². The van der Waals surface area contributed by atoms with Crippen LogP contribution in [-0.2, 0) is 4.79 Å². The third-order valence-corrected chi connectivity index (χ3v) is 3.26. The molecule has 21 heavy (non-hydrogen) atoms. The molecule has 0 saturated carbocycles. The van der Waals surface area contributed by atoms with Crippen LogP contribution in [0.4, 0.5) is 10.5 Å². The number of halogens is 1. The van der Waals surface area contributed by atoms with Gasteiger partial charge in [-0.2, -0.15) is 5.26 Å². The Labute approximate surface area is 127 Å². The number of carboxylic acids is 1. The van der Waals surface area contributed by atoms with Crippen LogP contribution in [-0.4, -0.2) is 34.6 Å². The predicted octanol–water partition coefficient (Wildman–Crippen LogP) is 2.93. The van der Waals surface area contributed by atoms with Gasteiger partial charge < -0.3 is 15.3 Å². The van der Waals surface area contributed by atoms with Crippen molar-refractivity contribution >= 4 is 29.3 Å². The van der Waals surface area contributed by atoms with Crippen molar-refractivity contribution in [2.45, 2.75) is 26.3 Å². The summed E-state index contributed by atoms with van der Waals surface area (Å²) in [5, 5.41) is 20.5. The van der Waals surface area contributed by atoms with Crippen LogP contribution in [0.2, 0.25) is 5.02 Å². The number of nitrogens with one attached hydrogen (secondary N) is 1. The van der Waals surface area contributed by atoms with Crippen LogP contribution in [0.25, 0.3) is 0 Å². The van der Waals surface area contributed by atoms with Crippen molar-refractivity contribution in [3.05, 3.63) is 28.8 Å². The molecule has 0 spiro atoms. The van der Waals surface area contributed by atoms with E-state index < -0.39 is 18.0 Å². The number of anilines is 1. The highest BCUT2D eigenvalue weighted by molar-refractivity contribution is 6.32. The van der Waals surface area contributed by atoms with Crippen LogP contribution in [0, 0.1) is 11.3 Å². The van der Waals surface area contributed by atoms with Gasteiger partial charge in [-0.15, -0.1) is 0 Å². The summed E-state index contributed by atoms with van der Waals surface area (Å²) in [5.41, 5.74) is 0.770. The Bertz CT molecular complexity index is 583. The number of carbonyl (C=O) groups excluding carboxylic acids is 1. The van der Waals surface area contributed by atoms with Crippen LogP contribution in [0.15, 0.2) is 18.2 Å². The maximum atomic E-state index is 12.1. The van der Waals surface area contributed by atoms with E-state index in [1.54, 1.807) is 19.9 Å². The van der Waals surface area contributed by atoms with Crippen molar-refractivity contribution in [3.8, 4) is 6.07 Å². The molecule has 6 nitrogen and oxygen atoms in total. The van der Waals surface area contributed by atoms with Crippen molar-refractivity contribution in [2.24, 2.45) is 0 Å². The van der Waals surface area contributed by atoms with Gasteiger partial charge in [0.25, 0.3) is 0 Å². The van der Waals surface area contributed by atoms with Crippen molar-refractivity contribution in [1.29, 1.82) is 5.26 Å². The van der Waals surface area contributed by atoms with E-state index in [2.05, 4.69) is 5.32 Å². The standard InChI is InChI=1S/C14H16ClN3O3/c1-3-18(9(2)6-13(19)20)14(21)17-11-5-4-10(8-16)12(15)7-11/h4-5,7,9H,3,6H2,1-2H3,(H,17,21)(H,19,20). The van der Waals surface area contributed by atoms with Gasteiger partial charge in [-0.3, -0.25) is 4.79 Å². The Morgan fingerprint density at radius 3 is 2.67 bits per heavy atom. The molecule has 112 valence electrons. The second-order valence-corrected chi connectivity index (χ2v) is 4.88. The lowest BCUT2D eigenvalue weighted by Crippen LogP contribution is -2.42. The average Bonchev–Trinajstić information content (AvgIpc) is 2.38. The molecule has 0 saturated heterocycles. The second-order valence-electron chi connectivity index (χ2n) is 4.47. The Kier molecular flexibility index (Phi) is 6.00. The van der Waals surface area contributed by atoms with Crippen LogP contribution in [0.5, 0.6) is 0 Å². The monoisotopic (exact) mass is 309 g/mol. The molecule has 0 aromatic heterocycles. The lowest BCUT2D eigenvalue weighted by Gasteiger charge is -2.27. The molecule has 2 N–H and O–H groups in total. The maximum Gasteiger partial charge on any atom is 0.322 e. The minimum atomic E-state index is -0.963. The summed E-state index contributed by atoms with van der Waals surface area (Å²) in [6.45, 7) is 3.82. The van der Waals surface area contributed by atoms with E-state index in [0.29, 0.717) is 17.8 Å².